The standard InChI is InChI=1S/C27H18ClFN2O3/c28-19-5-1-17(2-6-19)15-27-31-23-16-21(9-12-25(23)34-27)30-26(32)14-11-22-10-13-24(33-22)18-3-7-20(29)8-4-18/h1-14,16H,15H2,(H,30,32)/b14-11+. The van der Waals surface area contributed by atoms with Crippen molar-refractivity contribution in [3.8, 4) is 11.3 Å². The SMILES string of the molecule is O=C(/C=C/c1ccc(-c2ccc(F)cc2)o1)Nc1ccc2oc(Cc3ccc(Cl)cc3)nc2c1. The first-order valence-electron chi connectivity index (χ1n) is 10.5. The van der Waals surface area contributed by atoms with Crippen molar-refractivity contribution in [2.75, 3.05) is 5.32 Å². The molecule has 0 bridgehead atoms. The minimum absolute atomic E-state index is 0.311. The fourth-order valence-corrected chi connectivity index (χ4v) is 3.58. The Morgan fingerprint density at radius 3 is 2.56 bits per heavy atom. The predicted molar refractivity (Wildman–Crippen MR) is 130 cm³/mol. The van der Waals surface area contributed by atoms with Crippen LogP contribution < -0.4 is 5.32 Å². The van der Waals surface area contributed by atoms with E-state index in [0.717, 1.165) is 11.1 Å². The summed E-state index contributed by atoms with van der Waals surface area (Å²) in [4.78, 5) is 16.9. The summed E-state index contributed by atoms with van der Waals surface area (Å²) in [5.74, 6) is 1.05. The number of halogens is 2. The number of oxazole rings is 1. The number of nitrogens with one attached hydrogen (secondary N) is 1. The van der Waals surface area contributed by atoms with Gasteiger partial charge in [-0.3, -0.25) is 4.79 Å². The number of aromatic nitrogens is 1. The average molecular weight is 473 g/mol. The summed E-state index contributed by atoms with van der Waals surface area (Å²) in [7, 11) is 0. The second-order valence-corrected chi connectivity index (χ2v) is 8.06. The highest BCUT2D eigenvalue weighted by molar-refractivity contribution is 6.30. The molecule has 0 atom stereocenters. The Morgan fingerprint density at radius 2 is 1.76 bits per heavy atom. The number of anilines is 1. The van der Waals surface area contributed by atoms with Gasteiger partial charge in [0.05, 0.1) is 0 Å². The van der Waals surface area contributed by atoms with Crippen molar-refractivity contribution < 1.29 is 18.0 Å². The minimum atomic E-state index is -0.316. The first-order valence-corrected chi connectivity index (χ1v) is 10.9. The number of hydrogen-bond donors (Lipinski definition) is 1. The molecule has 7 heteroatoms. The number of carbonyl (C=O) groups excluding carboxylic acids is 1. The number of fused-ring (bicyclic) bond motifs is 1. The molecule has 1 N–H and O–H groups in total. The maximum Gasteiger partial charge on any atom is 0.248 e. The van der Waals surface area contributed by atoms with Crippen LogP contribution in [0.15, 0.2) is 93.8 Å². The summed E-state index contributed by atoms with van der Waals surface area (Å²) < 4.78 is 24.6. The predicted octanol–water partition coefficient (Wildman–Crippen LogP) is 7.12. The molecule has 5 aromatic rings. The molecule has 0 aliphatic rings. The molecule has 0 spiro atoms. The monoisotopic (exact) mass is 472 g/mol. The molecular formula is C27H18ClFN2O3. The number of furan rings is 1. The number of hydrogen-bond acceptors (Lipinski definition) is 4. The molecule has 1 amide bonds. The van der Waals surface area contributed by atoms with E-state index in [1.807, 2.05) is 24.3 Å². The van der Waals surface area contributed by atoms with Crippen molar-refractivity contribution in [2.24, 2.45) is 0 Å². The number of nitrogens with zero attached hydrogens (tertiary/aromatic N) is 1. The Kier molecular flexibility index (Phi) is 5.97. The molecule has 5 nitrogen and oxygen atoms in total. The molecule has 5 rings (SSSR count). The lowest BCUT2D eigenvalue weighted by Crippen LogP contribution is -2.07. The van der Waals surface area contributed by atoms with E-state index < -0.39 is 0 Å². The summed E-state index contributed by atoms with van der Waals surface area (Å²) in [5, 5.41) is 3.49. The highest BCUT2D eigenvalue weighted by Gasteiger charge is 2.09. The molecule has 2 heterocycles. The van der Waals surface area contributed by atoms with Crippen LogP contribution in [0.1, 0.15) is 17.2 Å². The van der Waals surface area contributed by atoms with Gasteiger partial charge >= 0.3 is 0 Å². The molecule has 0 fully saturated rings. The maximum absolute atomic E-state index is 13.1. The van der Waals surface area contributed by atoms with E-state index in [4.69, 9.17) is 20.4 Å². The van der Waals surface area contributed by atoms with Crippen LogP contribution >= 0.6 is 11.6 Å². The minimum Gasteiger partial charge on any atom is -0.457 e. The number of carbonyl (C=O) groups is 1. The Balaban J connectivity index is 1.24. The topological polar surface area (TPSA) is 68.3 Å². The molecular weight excluding hydrogens is 455 g/mol. The molecule has 0 radical (unpaired) electrons. The molecule has 2 aromatic heterocycles. The van der Waals surface area contributed by atoms with Crippen molar-refractivity contribution in [2.45, 2.75) is 6.42 Å². The summed E-state index contributed by atoms with van der Waals surface area (Å²) in [6, 6.07) is 22.3. The number of amides is 1. The van der Waals surface area contributed by atoms with Crippen LogP contribution in [0.25, 0.3) is 28.5 Å². The zero-order chi connectivity index (χ0) is 23.5. The fraction of sp³-hybridized carbons (Fsp3) is 0.0370. The van der Waals surface area contributed by atoms with Gasteiger partial charge in [0.15, 0.2) is 11.5 Å². The van der Waals surface area contributed by atoms with E-state index in [2.05, 4.69) is 10.3 Å². The van der Waals surface area contributed by atoms with Gasteiger partial charge in [-0.05, 0) is 78.4 Å². The lowest BCUT2D eigenvalue weighted by Gasteiger charge is -2.00. The normalized spacial score (nSPS) is 11.4. The van der Waals surface area contributed by atoms with Crippen LogP contribution in [0, 0.1) is 5.82 Å². The molecule has 0 aliphatic heterocycles. The van der Waals surface area contributed by atoms with Crippen molar-refractivity contribution in [3.63, 3.8) is 0 Å². The molecule has 0 unspecified atom stereocenters. The van der Waals surface area contributed by atoms with E-state index in [-0.39, 0.29) is 11.7 Å². The van der Waals surface area contributed by atoms with E-state index in [9.17, 15) is 9.18 Å². The Labute approximate surface area is 199 Å². The maximum atomic E-state index is 13.1. The highest BCUT2D eigenvalue weighted by Crippen LogP contribution is 2.24. The van der Waals surface area contributed by atoms with Gasteiger partial charge in [0.1, 0.15) is 22.9 Å². The first kappa shape index (κ1) is 21.7. The molecule has 0 saturated carbocycles. The van der Waals surface area contributed by atoms with Crippen LogP contribution in [0.3, 0.4) is 0 Å². The summed E-state index contributed by atoms with van der Waals surface area (Å²) in [6.45, 7) is 0. The van der Waals surface area contributed by atoms with Gasteiger partial charge in [-0.25, -0.2) is 9.37 Å². The van der Waals surface area contributed by atoms with Crippen molar-refractivity contribution in [1.82, 2.24) is 4.98 Å². The van der Waals surface area contributed by atoms with Gasteiger partial charge in [-0.1, -0.05) is 23.7 Å². The molecule has 3 aromatic carbocycles. The third kappa shape index (κ3) is 5.08. The van der Waals surface area contributed by atoms with Gasteiger partial charge in [0, 0.05) is 28.8 Å². The van der Waals surface area contributed by atoms with Crippen LogP contribution in [0.4, 0.5) is 10.1 Å². The van der Waals surface area contributed by atoms with E-state index in [0.29, 0.717) is 45.6 Å². The van der Waals surface area contributed by atoms with Crippen LogP contribution in [-0.2, 0) is 11.2 Å². The van der Waals surface area contributed by atoms with E-state index >= 15 is 0 Å². The zero-order valence-electron chi connectivity index (χ0n) is 17.8. The first-order chi connectivity index (χ1) is 16.5. The van der Waals surface area contributed by atoms with Crippen molar-refractivity contribution in [3.05, 3.63) is 113 Å². The molecule has 34 heavy (non-hydrogen) atoms. The lowest BCUT2D eigenvalue weighted by molar-refractivity contribution is -0.111. The van der Waals surface area contributed by atoms with Gasteiger partial charge in [-0.15, -0.1) is 0 Å². The van der Waals surface area contributed by atoms with Gasteiger partial charge < -0.3 is 14.2 Å². The lowest BCUT2D eigenvalue weighted by atomic mass is 10.1. The quantitative estimate of drug-likeness (QED) is 0.267. The number of benzene rings is 3. The largest absolute Gasteiger partial charge is 0.457 e. The highest BCUT2D eigenvalue weighted by atomic mass is 35.5. The fourth-order valence-electron chi connectivity index (χ4n) is 3.46. The van der Waals surface area contributed by atoms with E-state index in [1.165, 1.54) is 18.2 Å². The van der Waals surface area contributed by atoms with Gasteiger partial charge in [-0.2, -0.15) is 0 Å². The second-order valence-electron chi connectivity index (χ2n) is 7.62. The Morgan fingerprint density at radius 1 is 0.971 bits per heavy atom. The molecule has 0 aliphatic carbocycles. The zero-order valence-corrected chi connectivity index (χ0v) is 18.6. The Hall–Kier alpha value is -4.16. The van der Waals surface area contributed by atoms with Gasteiger partial charge in [0.25, 0.3) is 0 Å². The summed E-state index contributed by atoms with van der Waals surface area (Å²) in [6.07, 6.45) is 3.49. The molecule has 0 saturated heterocycles. The summed E-state index contributed by atoms with van der Waals surface area (Å²) >= 11 is 5.93. The number of rotatable bonds is 6. The average Bonchev–Trinajstić information content (AvgIpc) is 3.46. The van der Waals surface area contributed by atoms with Crippen molar-refractivity contribution >= 4 is 40.4 Å². The third-order valence-corrected chi connectivity index (χ3v) is 5.37. The van der Waals surface area contributed by atoms with Crippen LogP contribution in [0.2, 0.25) is 5.02 Å². The third-order valence-electron chi connectivity index (χ3n) is 5.12. The van der Waals surface area contributed by atoms with Gasteiger partial charge in [0.2, 0.25) is 5.91 Å². The smallest absolute Gasteiger partial charge is 0.248 e. The second kappa shape index (κ2) is 9.37. The Bertz CT molecular complexity index is 1480. The molecule has 168 valence electrons. The van der Waals surface area contributed by atoms with Crippen LogP contribution in [0.5, 0.6) is 0 Å². The summed E-state index contributed by atoms with van der Waals surface area (Å²) in [5.41, 5.74) is 3.68. The van der Waals surface area contributed by atoms with Crippen molar-refractivity contribution in [1.29, 1.82) is 0 Å². The van der Waals surface area contributed by atoms with Crippen LogP contribution in [-0.4, -0.2) is 10.9 Å². The van der Waals surface area contributed by atoms with E-state index in [1.54, 1.807) is 48.5 Å².